The van der Waals surface area contributed by atoms with Crippen molar-refractivity contribution in [2.45, 2.75) is 54.4 Å². The zero-order chi connectivity index (χ0) is 21.5. The average molecular weight is 590 g/mol. The van der Waals surface area contributed by atoms with Crippen LogP contribution in [0.25, 0.3) is 0 Å². The Morgan fingerprint density at radius 2 is 1.00 bits per heavy atom. The van der Waals surface area contributed by atoms with Crippen LogP contribution in [0.15, 0.2) is 48.5 Å². The van der Waals surface area contributed by atoms with Crippen LogP contribution in [0.3, 0.4) is 0 Å². The van der Waals surface area contributed by atoms with Gasteiger partial charge in [0.2, 0.25) is 0 Å². The van der Waals surface area contributed by atoms with Crippen molar-refractivity contribution < 1.29 is 19.8 Å². The molecule has 29 heavy (non-hydrogen) atoms. The fraction of sp³-hybridized carbons (Fsp3) is 0.417. The fourth-order valence-electron chi connectivity index (χ4n) is 2.84. The van der Waals surface area contributed by atoms with Crippen LogP contribution < -0.4 is 10.2 Å². The van der Waals surface area contributed by atoms with Gasteiger partial charge in [-0.1, -0.05) is 77.9 Å². The molecule has 0 aliphatic rings. The number of hydrogen-bond acceptors (Lipinski definition) is 4. The molecular weight excluding hydrogens is 559 g/mol. The van der Waals surface area contributed by atoms with E-state index in [0.29, 0.717) is 0 Å². The molecule has 0 N–H and O–H groups in total. The van der Waals surface area contributed by atoms with Crippen LogP contribution in [0.2, 0.25) is 0 Å². The molecule has 0 aliphatic heterocycles. The van der Waals surface area contributed by atoms with E-state index >= 15 is 0 Å². The number of carboxylic acid groups (broad SMARTS) is 2. The Morgan fingerprint density at radius 1 is 0.690 bits per heavy atom. The molecule has 0 heterocycles. The first-order valence-electron chi connectivity index (χ1n) is 9.37. The first kappa shape index (κ1) is 27.3. The molecule has 0 fully saturated rings. The van der Waals surface area contributed by atoms with E-state index in [4.69, 9.17) is 0 Å². The van der Waals surface area contributed by atoms with Gasteiger partial charge in [0.1, 0.15) is 0 Å². The van der Waals surface area contributed by atoms with Gasteiger partial charge in [-0.3, -0.25) is 0 Å². The first-order chi connectivity index (χ1) is 12.8. The molecule has 0 atom stereocenters. The maximum Gasteiger partial charge on any atom is 2.00 e. The zero-order valence-corrected chi connectivity index (χ0v) is 22.1. The quantitative estimate of drug-likeness (QED) is 0.514. The number of rotatable bonds is 4. The van der Waals surface area contributed by atoms with Crippen molar-refractivity contribution in [2.75, 3.05) is 0 Å². The van der Waals surface area contributed by atoms with E-state index < -0.39 is 11.9 Å². The smallest absolute Gasteiger partial charge is 0.545 e. The van der Waals surface area contributed by atoms with Crippen molar-refractivity contribution >= 4 is 39.2 Å². The van der Waals surface area contributed by atoms with E-state index in [2.05, 4.69) is 41.5 Å². The van der Waals surface area contributed by atoms with Crippen LogP contribution in [-0.2, 0) is 12.8 Å². The third-order valence-electron chi connectivity index (χ3n) is 3.79. The van der Waals surface area contributed by atoms with E-state index in [1.165, 1.54) is 0 Å². The molecule has 0 amide bonds. The molecule has 5 heteroatoms. The number of benzene rings is 2. The standard InChI is InChI=1S/2C12H16O2.Pb/c2*1-12(2,3)8-9-5-4-6-10(7-9)11(13)14;/h2*4-7H,8H2,1-3H3,(H,13,14);/q;;+2/p-2. The van der Waals surface area contributed by atoms with Crippen LogP contribution in [0, 0.1) is 10.8 Å². The monoisotopic (exact) mass is 590 g/mol. The Hall–Kier alpha value is -1.70. The minimum atomic E-state index is -1.11. The van der Waals surface area contributed by atoms with Crippen molar-refractivity contribution in [1.29, 1.82) is 0 Å². The van der Waals surface area contributed by atoms with Gasteiger partial charge in [-0.05, 0) is 58.1 Å². The van der Waals surface area contributed by atoms with Crippen LogP contribution >= 0.6 is 0 Å². The molecule has 2 radical (unpaired) electrons. The number of hydrogen-bond donors (Lipinski definition) is 0. The van der Waals surface area contributed by atoms with E-state index in [0.717, 1.165) is 24.0 Å². The van der Waals surface area contributed by atoms with Crippen molar-refractivity contribution in [3.8, 4) is 0 Å². The second kappa shape index (κ2) is 11.5. The molecule has 0 spiro atoms. The second-order valence-electron chi connectivity index (χ2n) is 9.45. The summed E-state index contributed by atoms with van der Waals surface area (Å²) in [6, 6.07) is 13.9. The normalized spacial score (nSPS) is 11.0. The van der Waals surface area contributed by atoms with Gasteiger partial charge < -0.3 is 19.8 Å². The largest absolute Gasteiger partial charge is 2.00 e. The first-order valence-corrected chi connectivity index (χ1v) is 9.37. The van der Waals surface area contributed by atoms with Crippen LogP contribution in [0.4, 0.5) is 0 Å². The zero-order valence-electron chi connectivity index (χ0n) is 18.2. The van der Waals surface area contributed by atoms with Crippen LogP contribution in [0.1, 0.15) is 73.4 Å². The summed E-state index contributed by atoms with van der Waals surface area (Å²) in [7, 11) is 0. The van der Waals surface area contributed by atoms with Crippen molar-refractivity contribution in [3.63, 3.8) is 0 Å². The van der Waals surface area contributed by atoms with Gasteiger partial charge in [-0.2, -0.15) is 0 Å². The Kier molecular flexibility index (Phi) is 10.8. The van der Waals surface area contributed by atoms with Gasteiger partial charge in [-0.25, -0.2) is 0 Å². The molecule has 0 aromatic heterocycles. The summed E-state index contributed by atoms with van der Waals surface area (Å²) >= 11 is 0. The Balaban J connectivity index is 0.000000523. The predicted molar refractivity (Wildman–Crippen MR) is 114 cm³/mol. The third kappa shape index (κ3) is 11.8. The van der Waals surface area contributed by atoms with E-state index in [1.807, 2.05) is 12.1 Å². The minimum absolute atomic E-state index is 0. The van der Waals surface area contributed by atoms with Crippen molar-refractivity contribution in [1.82, 2.24) is 0 Å². The topological polar surface area (TPSA) is 80.3 Å². The fourth-order valence-corrected chi connectivity index (χ4v) is 2.84. The number of carbonyl (C=O) groups is 2. The van der Waals surface area contributed by atoms with Gasteiger partial charge in [0.15, 0.2) is 0 Å². The average Bonchev–Trinajstić information content (AvgIpc) is 2.52. The predicted octanol–water partition coefficient (Wildman–Crippen LogP) is 2.90. The minimum Gasteiger partial charge on any atom is -0.545 e. The summed E-state index contributed by atoms with van der Waals surface area (Å²) in [4.78, 5) is 21.2. The van der Waals surface area contributed by atoms with Gasteiger partial charge in [0, 0.05) is 0 Å². The molecule has 154 valence electrons. The molecule has 0 saturated heterocycles. The summed E-state index contributed by atoms with van der Waals surface area (Å²) in [5.41, 5.74) is 2.94. The summed E-state index contributed by atoms with van der Waals surface area (Å²) in [6.45, 7) is 12.7. The number of carbonyl (C=O) groups excluding carboxylic acids is 2. The molecule has 2 aromatic carbocycles. The number of aromatic carboxylic acids is 2. The molecular formula is C24H30O4Pb. The molecule has 0 saturated carbocycles. The van der Waals surface area contributed by atoms with E-state index in [1.54, 1.807) is 36.4 Å². The van der Waals surface area contributed by atoms with Crippen molar-refractivity contribution in [2.24, 2.45) is 10.8 Å². The van der Waals surface area contributed by atoms with Crippen LogP contribution in [0.5, 0.6) is 0 Å². The molecule has 0 aliphatic carbocycles. The van der Waals surface area contributed by atoms with Crippen LogP contribution in [-0.4, -0.2) is 39.2 Å². The summed E-state index contributed by atoms with van der Waals surface area (Å²) < 4.78 is 0. The van der Waals surface area contributed by atoms with Gasteiger partial charge >= 0.3 is 27.3 Å². The number of carboxylic acids is 2. The molecule has 0 bridgehead atoms. The summed E-state index contributed by atoms with van der Waals surface area (Å²) in [5.74, 6) is -2.22. The molecule has 2 aromatic rings. The Morgan fingerprint density at radius 3 is 1.24 bits per heavy atom. The SMILES string of the molecule is CC(C)(C)Cc1cccc(C(=O)[O-])c1.CC(C)(C)Cc1cccc(C(=O)[O-])c1.[Pb+2]. The van der Waals surface area contributed by atoms with Gasteiger partial charge in [0.05, 0.1) is 11.9 Å². The maximum absolute atomic E-state index is 10.6. The summed E-state index contributed by atoms with van der Waals surface area (Å²) in [6.07, 6.45) is 1.74. The van der Waals surface area contributed by atoms with Gasteiger partial charge in [-0.15, -0.1) is 0 Å². The van der Waals surface area contributed by atoms with Crippen molar-refractivity contribution in [3.05, 3.63) is 70.8 Å². The third-order valence-corrected chi connectivity index (χ3v) is 3.79. The Labute approximate surface area is 194 Å². The second-order valence-corrected chi connectivity index (χ2v) is 9.45. The van der Waals surface area contributed by atoms with E-state index in [-0.39, 0.29) is 49.3 Å². The van der Waals surface area contributed by atoms with E-state index in [9.17, 15) is 19.8 Å². The van der Waals surface area contributed by atoms with Gasteiger partial charge in [0.25, 0.3) is 0 Å². The molecule has 2 rings (SSSR count). The molecule has 4 nitrogen and oxygen atoms in total. The molecule has 0 unspecified atom stereocenters. The Bertz CT molecular complexity index is 745. The maximum atomic E-state index is 10.6. The summed E-state index contributed by atoms with van der Waals surface area (Å²) in [5, 5.41) is 21.2.